The molecule has 26 heavy (non-hydrogen) atoms. The van der Waals surface area contributed by atoms with E-state index >= 15 is 0 Å². The molecule has 0 amide bonds. The summed E-state index contributed by atoms with van der Waals surface area (Å²) in [5.74, 6) is 2.96. The van der Waals surface area contributed by atoms with E-state index in [4.69, 9.17) is 8.94 Å². The first-order valence-corrected chi connectivity index (χ1v) is 9.21. The Morgan fingerprint density at radius 1 is 1.15 bits per heavy atom. The van der Waals surface area contributed by atoms with Gasteiger partial charge in [-0.15, -0.1) is 10.2 Å². The summed E-state index contributed by atoms with van der Waals surface area (Å²) < 4.78 is 12.7. The van der Waals surface area contributed by atoms with Crippen LogP contribution < -0.4 is 0 Å². The number of aromatic nitrogens is 6. The molecule has 0 spiro atoms. The van der Waals surface area contributed by atoms with Gasteiger partial charge in [0, 0.05) is 24.0 Å². The van der Waals surface area contributed by atoms with Crippen LogP contribution in [0, 0.1) is 0 Å². The summed E-state index contributed by atoms with van der Waals surface area (Å²) in [5.41, 5.74) is 1.02. The molecule has 5 rings (SSSR count). The molecular formula is C17H14N6O2S. The molecule has 1 fully saturated rings. The quantitative estimate of drug-likeness (QED) is 0.478. The molecule has 0 N–H and O–H groups in total. The van der Waals surface area contributed by atoms with E-state index in [1.54, 1.807) is 42.6 Å². The third kappa shape index (κ3) is 2.90. The molecule has 0 bridgehead atoms. The Balaban J connectivity index is 1.37. The molecule has 8 nitrogen and oxygen atoms in total. The number of hydrogen-bond donors (Lipinski definition) is 0. The summed E-state index contributed by atoms with van der Waals surface area (Å²) in [5, 5.41) is 13.6. The molecule has 4 aromatic rings. The minimum absolute atomic E-state index is 0.381. The van der Waals surface area contributed by atoms with Gasteiger partial charge < -0.3 is 8.94 Å². The van der Waals surface area contributed by atoms with Crippen LogP contribution in [0.1, 0.15) is 24.7 Å². The van der Waals surface area contributed by atoms with Crippen molar-refractivity contribution in [3.05, 3.63) is 48.7 Å². The maximum absolute atomic E-state index is 5.27. The molecule has 130 valence electrons. The molecular weight excluding hydrogens is 352 g/mol. The van der Waals surface area contributed by atoms with Gasteiger partial charge in [-0.2, -0.15) is 4.98 Å². The molecule has 0 radical (unpaired) electrons. The average molecular weight is 366 g/mol. The van der Waals surface area contributed by atoms with E-state index in [0.29, 0.717) is 29.3 Å². The zero-order valence-corrected chi connectivity index (χ0v) is 14.5. The summed E-state index contributed by atoms with van der Waals surface area (Å²) in [6.45, 7) is 0. The third-order valence-corrected chi connectivity index (χ3v) is 4.98. The van der Waals surface area contributed by atoms with Gasteiger partial charge in [0.2, 0.25) is 0 Å². The zero-order chi connectivity index (χ0) is 17.3. The van der Waals surface area contributed by atoms with Crippen LogP contribution in [0.25, 0.3) is 23.0 Å². The summed E-state index contributed by atoms with van der Waals surface area (Å²) in [6.07, 6.45) is 7.41. The predicted octanol–water partition coefficient (Wildman–Crippen LogP) is 3.61. The van der Waals surface area contributed by atoms with Crippen molar-refractivity contribution in [3.63, 3.8) is 0 Å². The first kappa shape index (κ1) is 15.3. The highest BCUT2D eigenvalue weighted by Gasteiger charge is 2.30. The van der Waals surface area contributed by atoms with Crippen LogP contribution in [0.5, 0.6) is 0 Å². The fraction of sp³-hybridized carbons (Fsp3) is 0.235. The Kier molecular flexibility index (Phi) is 3.78. The van der Waals surface area contributed by atoms with E-state index in [0.717, 1.165) is 29.4 Å². The lowest BCUT2D eigenvalue weighted by molar-refractivity contribution is 0.411. The van der Waals surface area contributed by atoms with Crippen LogP contribution in [0.15, 0.2) is 57.0 Å². The highest BCUT2D eigenvalue weighted by atomic mass is 32.2. The second-order valence-corrected chi connectivity index (χ2v) is 6.87. The van der Waals surface area contributed by atoms with Gasteiger partial charge in [0.15, 0.2) is 22.6 Å². The first-order valence-electron chi connectivity index (χ1n) is 8.23. The first-order chi connectivity index (χ1) is 12.9. The normalized spacial score (nSPS) is 14.0. The van der Waals surface area contributed by atoms with Gasteiger partial charge in [-0.1, -0.05) is 16.9 Å². The lowest BCUT2D eigenvalue weighted by Crippen LogP contribution is -2.00. The topological polar surface area (TPSA) is 95.7 Å². The van der Waals surface area contributed by atoms with E-state index < -0.39 is 0 Å². The fourth-order valence-electron chi connectivity index (χ4n) is 2.68. The summed E-state index contributed by atoms with van der Waals surface area (Å²) >= 11 is 1.55. The van der Waals surface area contributed by atoms with Crippen molar-refractivity contribution in [2.24, 2.45) is 0 Å². The standard InChI is InChI=1S/C17H14N6O2S/c1-2-13(24-9-1)16-19-14(22-25-16)10-26-17-21-20-15(23(17)12-3-4-12)11-5-7-18-8-6-11/h1-2,5-9,12H,3-4,10H2. The van der Waals surface area contributed by atoms with Crippen LogP contribution in [0.3, 0.4) is 0 Å². The Morgan fingerprint density at radius 2 is 2.04 bits per heavy atom. The monoisotopic (exact) mass is 366 g/mol. The van der Waals surface area contributed by atoms with Gasteiger partial charge >= 0.3 is 0 Å². The van der Waals surface area contributed by atoms with Gasteiger partial charge in [0.25, 0.3) is 5.89 Å². The largest absolute Gasteiger partial charge is 0.459 e. The number of rotatable bonds is 6. The summed E-state index contributed by atoms with van der Waals surface area (Å²) in [6, 6.07) is 7.93. The smallest absolute Gasteiger partial charge is 0.293 e. The van der Waals surface area contributed by atoms with Crippen molar-refractivity contribution >= 4 is 11.8 Å². The molecule has 1 aliphatic rings. The fourth-order valence-corrected chi connectivity index (χ4v) is 3.53. The van der Waals surface area contributed by atoms with Gasteiger partial charge in [-0.05, 0) is 37.1 Å². The van der Waals surface area contributed by atoms with Crippen LogP contribution in [0.4, 0.5) is 0 Å². The van der Waals surface area contributed by atoms with Crippen molar-refractivity contribution in [2.75, 3.05) is 0 Å². The molecule has 0 aliphatic heterocycles. The van der Waals surface area contributed by atoms with E-state index in [2.05, 4.69) is 29.9 Å². The number of thioether (sulfide) groups is 1. The predicted molar refractivity (Wildman–Crippen MR) is 93.1 cm³/mol. The number of hydrogen-bond acceptors (Lipinski definition) is 8. The van der Waals surface area contributed by atoms with Crippen molar-refractivity contribution in [1.82, 2.24) is 29.9 Å². The van der Waals surface area contributed by atoms with Crippen molar-refractivity contribution in [3.8, 4) is 23.0 Å². The second-order valence-electron chi connectivity index (χ2n) is 5.92. The summed E-state index contributed by atoms with van der Waals surface area (Å²) in [4.78, 5) is 8.43. The van der Waals surface area contributed by atoms with Crippen LogP contribution >= 0.6 is 11.8 Å². The molecule has 4 aromatic heterocycles. The highest BCUT2D eigenvalue weighted by Crippen LogP contribution is 2.41. The Hall–Kier alpha value is -2.94. The molecule has 1 aliphatic carbocycles. The number of nitrogens with zero attached hydrogens (tertiary/aromatic N) is 6. The van der Waals surface area contributed by atoms with Crippen LogP contribution in [-0.4, -0.2) is 29.9 Å². The van der Waals surface area contributed by atoms with Gasteiger partial charge in [0.1, 0.15) is 0 Å². The van der Waals surface area contributed by atoms with E-state index in [-0.39, 0.29) is 0 Å². The number of furan rings is 1. The van der Waals surface area contributed by atoms with Gasteiger partial charge in [0.05, 0.1) is 12.0 Å². The van der Waals surface area contributed by atoms with E-state index in [9.17, 15) is 0 Å². The Morgan fingerprint density at radius 3 is 2.81 bits per heavy atom. The average Bonchev–Trinajstić information content (AvgIpc) is 3.10. The maximum Gasteiger partial charge on any atom is 0.293 e. The van der Waals surface area contributed by atoms with Crippen molar-refractivity contribution in [1.29, 1.82) is 0 Å². The van der Waals surface area contributed by atoms with Crippen molar-refractivity contribution in [2.45, 2.75) is 29.8 Å². The van der Waals surface area contributed by atoms with Crippen LogP contribution in [-0.2, 0) is 5.75 Å². The van der Waals surface area contributed by atoms with E-state index in [1.807, 2.05) is 12.1 Å². The Bertz CT molecular complexity index is 1010. The SMILES string of the molecule is c1coc(-c2nc(CSc3nnc(-c4ccncc4)n3C3CC3)no2)c1. The molecule has 9 heteroatoms. The van der Waals surface area contributed by atoms with Gasteiger partial charge in [-0.3, -0.25) is 9.55 Å². The molecule has 0 saturated heterocycles. The highest BCUT2D eigenvalue weighted by molar-refractivity contribution is 7.98. The van der Waals surface area contributed by atoms with E-state index in [1.165, 1.54) is 0 Å². The van der Waals surface area contributed by atoms with Crippen molar-refractivity contribution < 1.29 is 8.94 Å². The lowest BCUT2D eigenvalue weighted by Gasteiger charge is -2.07. The lowest BCUT2D eigenvalue weighted by atomic mass is 10.2. The minimum atomic E-state index is 0.381. The summed E-state index contributed by atoms with van der Waals surface area (Å²) in [7, 11) is 0. The third-order valence-electron chi connectivity index (χ3n) is 4.05. The van der Waals surface area contributed by atoms with Gasteiger partial charge in [-0.25, -0.2) is 0 Å². The molecule has 1 saturated carbocycles. The molecule has 4 heterocycles. The molecule has 0 unspecified atom stereocenters. The zero-order valence-electron chi connectivity index (χ0n) is 13.6. The number of pyridine rings is 1. The molecule has 0 aromatic carbocycles. The minimum Gasteiger partial charge on any atom is -0.459 e. The van der Waals surface area contributed by atoms with Crippen LogP contribution in [0.2, 0.25) is 0 Å². The second kappa shape index (κ2) is 6.41. The Labute approximate surface area is 152 Å². The maximum atomic E-state index is 5.27. The molecule has 0 atom stereocenters.